The van der Waals surface area contributed by atoms with Crippen LogP contribution in [0.25, 0.3) is 0 Å². The number of phosphoric acid groups is 1. The fourth-order valence-electron chi connectivity index (χ4n) is 9.46. The van der Waals surface area contributed by atoms with Gasteiger partial charge in [-0.25, -0.2) is 0 Å². The van der Waals surface area contributed by atoms with Crippen LogP contribution < -0.4 is 4.89 Å². The van der Waals surface area contributed by atoms with Crippen molar-refractivity contribution < 1.29 is 42.1 Å². The van der Waals surface area contributed by atoms with Gasteiger partial charge in [0.2, 0.25) is 0 Å². The van der Waals surface area contributed by atoms with Crippen molar-refractivity contribution in [3.05, 3.63) is 146 Å². The number of hydrogen-bond acceptors (Lipinski definition) is 8. The molecule has 0 aromatic rings. The topological polar surface area (TPSA) is 111 Å². The molecule has 0 fully saturated rings. The molecule has 0 spiro atoms. The van der Waals surface area contributed by atoms with Crippen molar-refractivity contribution in [3.63, 3.8) is 0 Å². The van der Waals surface area contributed by atoms with Crippen LogP contribution in [0.15, 0.2) is 146 Å². The third-order valence-electron chi connectivity index (χ3n) is 14.9. The molecule has 0 aromatic heterocycles. The molecular weight excluding hydrogens is 1110 g/mol. The van der Waals surface area contributed by atoms with Crippen LogP contribution in [0.1, 0.15) is 284 Å². The Morgan fingerprint density at radius 1 is 0.364 bits per heavy atom. The number of esters is 2. The van der Waals surface area contributed by atoms with Gasteiger partial charge in [-0.2, -0.15) is 0 Å². The number of quaternary nitrogens is 1. The number of ether oxygens (including phenoxy) is 2. The van der Waals surface area contributed by atoms with Crippen molar-refractivity contribution in [2.45, 2.75) is 290 Å². The Bertz CT molecular complexity index is 2000. The highest BCUT2D eigenvalue weighted by atomic mass is 31.2. The van der Waals surface area contributed by atoms with Crippen LogP contribution in [0.4, 0.5) is 0 Å². The summed E-state index contributed by atoms with van der Waals surface area (Å²) in [6, 6.07) is 0. The number of unbranched alkanes of at least 4 members (excludes halogenated alkanes) is 26. The smallest absolute Gasteiger partial charge is 0.306 e. The van der Waals surface area contributed by atoms with E-state index < -0.39 is 26.5 Å². The molecule has 0 aromatic carbocycles. The lowest BCUT2D eigenvalue weighted by atomic mass is 10.0. The lowest BCUT2D eigenvalue weighted by Crippen LogP contribution is -2.37. The van der Waals surface area contributed by atoms with Crippen LogP contribution in [0.5, 0.6) is 0 Å². The van der Waals surface area contributed by atoms with Crippen molar-refractivity contribution in [2.75, 3.05) is 47.5 Å². The number of rotatable bonds is 64. The molecule has 88 heavy (non-hydrogen) atoms. The highest BCUT2D eigenvalue weighted by Crippen LogP contribution is 2.38. The largest absolute Gasteiger partial charge is 0.756 e. The van der Waals surface area contributed by atoms with E-state index in [0.717, 1.165) is 122 Å². The maximum Gasteiger partial charge on any atom is 0.306 e. The first kappa shape index (κ1) is 83.9. The molecule has 0 saturated carbocycles. The molecular formula is C78H132NO8P. The Morgan fingerprint density at radius 3 is 0.966 bits per heavy atom. The molecule has 10 heteroatoms. The normalized spacial score (nSPS) is 14.0. The van der Waals surface area contributed by atoms with E-state index in [1.807, 2.05) is 21.1 Å². The van der Waals surface area contributed by atoms with E-state index in [9.17, 15) is 19.0 Å². The average Bonchev–Trinajstić information content (AvgIpc) is 3.58. The molecule has 9 nitrogen and oxygen atoms in total. The summed E-state index contributed by atoms with van der Waals surface area (Å²) in [4.78, 5) is 38.0. The number of carbonyl (C=O) groups excluding carboxylic acids is 2. The molecule has 0 saturated heterocycles. The summed E-state index contributed by atoms with van der Waals surface area (Å²) in [7, 11) is 1.14. The van der Waals surface area contributed by atoms with Gasteiger partial charge in [-0.3, -0.25) is 14.2 Å². The Hall–Kier alpha value is -4.11. The Kier molecular flexibility index (Phi) is 64.1. The second-order valence-electron chi connectivity index (χ2n) is 24.5. The summed E-state index contributed by atoms with van der Waals surface area (Å²) < 4.78 is 34.3. The second-order valence-corrected chi connectivity index (χ2v) is 25.9. The number of likely N-dealkylation sites (N-methyl/N-ethyl adjacent to an activating group) is 1. The molecule has 0 rings (SSSR count). The molecule has 502 valence electrons. The van der Waals surface area contributed by atoms with Gasteiger partial charge < -0.3 is 27.9 Å². The molecule has 0 amide bonds. The summed E-state index contributed by atoms with van der Waals surface area (Å²) in [5.74, 6) is -0.862. The van der Waals surface area contributed by atoms with E-state index in [1.54, 1.807) is 0 Å². The molecule has 0 aliphatic carbocycles. The first-order chi connectivity index (χ1) is 43.0. The van der Waals surface area contributed by atoms with Gasteiger partial charge in [-0.15, -0.1) is 0 Å². The maximum atomic E-state index is 12.9. The number of carbonyl (C=O) groups is 2. The minimum absolute atomic E-state index is 0.0418. The summed E-state index contributed by atoms with van der Waals surface area (Å²) in [5.41, 5.74) is 0. The minimum atomic E-state index is -4.66. The van der Waals surface area contributed by atoms with E-state index in [4.69, 9.17) is 18.5 Å². The predicted molar refractivity (Wildman–Crippen MR) is 378 cm³/mol. The SMILES string of the molecule is CC/C=C\C/C=C\C/C=C\C/C=C\C/C=C\C/C=C\C/C=C\C/C=C\C/C=C\C/C=C\C/C=C\C/C=C\CCCCCCC(=O)OC(COC(=O)CCCCCCCCCCCCCCCCCCCCCCCCC)COP(=O)([O-])OCC[N+](C)(C)C. The summed E-state index contributed by atoms with van der Waals surface area (Å²) >= 11 is 0. The predicted octanol–water partition coefficient (Wildman–Crippen LogP) is 22.7. The Morgan fingerprint density at radius 2 is 0.648 bits per heavy atom. The minimum Gasteiger partial charge on any atom is -0.756 e. The number of hydrogen-bond donors (Lipinski definition) is 0. The van der Waals surface area contributed by atoms with E-state index in [-0.39, 0.29) is 32.0 Å². The van der Waals surface area contributed by atoms with E-state index in [0.29, 0.717) is 17.4 Å². The summed E-state index contributed by atoms with van der Waals surface area (Å²) in [6.45, 7) is 4.11. The molecule has 2 unspecified atom stereocenters. The monoisotopic (exact) mass is 1240 g/mol. The third-order valence-corrected chi connectivity index (χ3v) is 15.8. The van der Waals surface area contributed by atoms with Crippen LogP contribution in [-0.4, -0.2) is 70.0 Å². The molecule has 2 atom stereocenters. The van der Waals surface area contributed by atoms with E-state index >= 15 is 0 Å². The van der Waals surface area contributed by atoms with Gasteiger partial charge in [0, 0.05) is 12.8 Å². The van der Waals surface area contributed by atoms with Gasteiger partial charge in [-0.05, 0) is 103 Å². The van der Waals surface area contributed by atoms with E-state index in [1.165, 1.54) is 128 Å². The fourth-order valence-corrected chi connectivity index (χ4v) is 10.2. The van der Waals surface area contributed by atoms with Crippen LogP contribution in [0.3, 0.4) is 0 Å². The van der Waals surface area contributed by atoms with Gasteiger partial charge in [-0.1, -0.05) is 314 Å². The van der Waals surface area contributed by atoms with Gasteiger partial charge in [0.05, 0.1) is 27.7 Å². The molecule has 0 N–H and O–H groups in total. The lowest BCUT2D eigenvalue weighted by molar-refractivity contribution is -0.870. The fraction of sp³-hybridized carbons (Fsp3) is 0.667. The third kappa shape index (κ3) is 71.0. The maximum absolute atomic E-state index is 12.9. The van der Waals surface area contributed by atoms with Gasteiger partial charge in [0.25, 0.3) is 7.82 Å². The number of phosphoric ester groups is 1. The molecule has 0 aliphatic heterocycles. The standard InChI is InChI=1S/C78H132NO8P/c1-6-8-10-12-14-16-18-20-22-24-26-28-30-31-32-33-34-35-36-37-38-39-40-41-42-43-44-45-46-47-49-51-53-55-57-59-61-63-65-67-69-71-78(81)87-76(75-86-88(82,83)85-73-72-79(3,4)5)74-84-77(80)70-68-66-64-62-60-58-56-54-52-50-48-29-27-25-23-21-19-17-15-13-11-9-7-2/h8,10,14,16,20,22,26,28,31-32,34-35,37-38,40-41,43-44,46-47,51,53,57,59,76H,6-7,9,11-13,15,17-19,21,23-25,27,29-30,33,36,39,42,45,48-50,52,54-56,58,60-75H2,1-5H3/b10-8-,16-14-,22-20-,28-26-,32-31-,35-34-,38-37-,41-40-,44-43-,47-46-,53-51-,59-57-. The van der Waals surface area contributed by atoms with E-state index in [2.05, 4.69) is 160 Å². The van der Waals surface area contributed by atoms with Gasteiger partial charge in [0.1, 0.15) is 19.8 Å². The highest BCUT2D eigenvalue weighted by molar-refractivity contribution is 7.45. The lowest BCUT2D eigenvalue weighted by Gasteiger charge is -2.28. The Labute approximate surface area is 542 Å². The van der Waals surface area contributed by atoms with Crippen molar-refractivity contribution in [2.24, 2.45) is 0 Å². The van der Waals surface area contributed by atoms with Crippen LogP contribution in [0.2, 0.25) is 0 Å². The summed E-state index contributed by atoms with van der Waals surface area (Å²) in [5, 5.41) is 0. The molecule has 0 heterocycles. The highest BCUT2D eigenvalue weighted by Gasteiger charge is 2.22. The Balaban J connectivity index is 4.16. The first-order valence-corrected chi connectivity index (χ1v) is 37.0. The zero-order valence-corrected chi connectivity index (χ0v) is 58.0. The van der Waals surface area contributed by atoms with Gasteiger partial charge >= 0.3 is 11.9 Å². The van der Waals surface area contributed by atoms with Crippen molar-refractivity contribution in [3.8, 4) is 0 Å². The van der Waals surface area contributed by atoms with Crippen LogP contribution in [-0.2, 0) is 32.7 Å². The zero-order valence-electron chi connectivity index (χ0n) is 57.1. The van der Waals surface area contributed by atoms with Crippen LogP contribution in [0, 0.1) is 0 Å². The molecule has 0 bridgehead atoms. The quantitative estimate of drug-likeness (QED) is 0.0195. The zero-order chi connectivity index (χ0) is 64.1. The van der Waals surface area contributed by atoms with Gasteiger partial charge in [0.15, 0.2) is 6.10 Å². The average molecular weight is 1240 g/mol. The summed E-state index contributed by atoms with van der Waals surface area (Å²) in [6.07, 6.45) is 99.3. The molecule has 0 aliphatic rings. The van der Waals surface area contributed by atoms with Crippen LogP contribution >= 0.6 is 7.82 Å². The first-order valence-electron chi connectivity index (χ1n) is 35.5. The molecule has 0 radical (unpaired) electrons. The van der Waals surface area contributed by atoms with Crippen molar-refractivity contribution in [1.82, 2.24) is 0 Å². The van der Waals surface area contributed by atoms with Crippen molar-refractivity contribution in [1.29, 1.82) is 0 Å². The number of nitrogens with zero attached hydrogens (tertiary/aromatic N) is 1. The van der Waals surface area contributed by atoms with Crippen molar-refractivity contribution >= 4 is 19.8 Å². The number of allylic oxidation sites excluding steroid dienone is 24. The second kappa shape index (κ2) is 67.3.